The molecule has 2 N–H and O–H groups in total. The van der Waals surface area contributed by atoms with Gasteiger partial charge in [-0.15, -0.1) is 0 Å². The number of allylic oxidation sites excluding steroid dienone is 1. The molecular weight excluding hydrogens is 284 g/mol. The molecule has 0 aliphatic rings. The third-order valence-corrected chi connectivity index (χ3v) is 3.08. The van der Waals surface area contributed by atoms with Gasteiger partial charge in [0.1, 0.15) is 28.6 Å². The van der Waals surface area contributed by atoms with Crippen molar-refractivity contribution >= 4 is 11.9 Å². The number of ether oxygens (including phenoxy) is 2. The van der Waals surface area contributed by atoms with E-state index in [0.29, 0.717) is 0 Å². The molecule has 0 spiro atoms. The summed E-state index contributed by atoms with van der Waals surface area (Å²) in [4.78, 5) is 12.2. The minimum Gasteiger partial charge on any atom is -0.508 e. The number of rotatable bonds is 5. The van der Waals surface area contributed by atoms with Crippen LogP contribution in [0.2, 0.25) is 0 Å². The Morgan fingerprint density at radius 2 is 1.73 bits per heavy atom. The van der Waals surface area contributed by atoms with Gasteiger partial charge in [0.15, 0.2) is 5.78 Å². The van der Waals surface area contributed by atoms with Gasteiger partial charge in [-0.2, -0.15) is 0 Å². The SMILES string of the molecule is COc1ccc(C=CC(=O)c2c(O)cc(O)cc2OC)cc1. The van der Waals surface area contributed by atoms with E-state index in [1.807, 2.05) is 0 Å². The summed E-state index contributed by atoms with van der Waals surface area (Å²) in [5.74, 6) is -0.0976. The third kappa shape index (κ3) is 3.38. The molecule has 0 aromatic heterocycles. The molecule has 2 rings (SSSR count). The molecule has 0 atom stereocenters. The van der Waals surface area contributed by atoms with Crippen molar-refractivity contribution in [1.29, 1.82) is 0 Å². The zero-order chi connectivity index (χ0) is 16.1. The standard InChI is InChI=1S/C17H16O5/c1-21-13-6-3-11(4-7-13)5-8-14(19)17-15(20)9-12(18)10-16(17)22-2/h3-10,18,20H,1-2H3. The van der Waals surface area contributed by atoms with E-state index < -0.39 is 5.78 Å². The normalized spacial score (nSPS) is 10.6. The van der Waals surface area contributed by atoms with E-state index in [1.54, 1.807) is 37.5 Å². The van der Waals surface area contributed by atoms with Crippen molar-refractivity contribution in [3.8, 4) is 23.0 Å². The Balaban J connectivity index is 2.26. The lowest BCUT2D eigenvalue weighted by Gasteiger charge is -2.08. The summed E-state index contributed by atoms with van der Waals surface area (Å²) < 4.78 is 10.1. The fourth-order valence-corrected chi connectivity index (χ4v) is 1.97. The number of benzene rings is 2. The average Bonchev–Trinajstić information content (AvgIpc) is 2.52. The first-order valence-corrected chi connectivity index (χ1v) is 6.51. The molecule has 0 aliphatic heterocycles. The van der Waals surface area contributed by atoms with Crippen molar-refractivity contribution in [2.24, 2.45) is 0 Å². The lowest BCUT2D eigenvalue weighted by Crippen LogP contribution is -1.99. The van der Waals surface area contributed by atoms with Crippen LogP contribution in [-0.2, 0) is 0 Å². The molecule has 5 nitrogen and oxygen atoms in total. The van der Waals surface area contributed by atoms with Crippen LogP contribution in [0.4, 0.5) is 0 Å². The number of carbonyl (C=O) groups excluding carboxylic acids is 1. The molecule has 5 heteroatoms. The molecule has 22 heavy (non-hydrogen) atoms. The Bertz CT molecular complexity index is 702. The Kier molecular flexibility index (Phi) is 4.68. The van der Waals surface area contributed by atoms with E-state index in [0.717, 1.165) is 17.4 Å². The predicted octanol–water partition coefficient (Wildman–Crippen LogP) is 3.01. The lowest BCUT2D eigenvalue weighted by molar-refractivity contribution is 0.104. The number of ketones is 1. The van der Waals surface area contributed by atoms with Crippen LogP contribution < -0.4 is 9.47 Å². The Morgan fingerprint density at radius 3 is 2.32 bits per heavy atom. The monoisotopic (exact) mass is 300 g/mol. The van der Waals surface area contributed by atoms with Gasteiger partial charge < -0.3 is 19.7 Å². The molecule has 0 bridgehead atoms. The van der Waals surface area contributed by atoms with E-state index in [4.69, 9.17) is 9.47 Å². The molecule has 2 aromatic rings. The van der Waals surface area contributed by atoms with Crippen LogP contribution in [0.15, 0.2) is 42.5 Å². The zero-order valence-electron chi connectivity index (χ0n) is 12.2. The van der Waals surface area contributed by atoms with Gasteiger partial charge in [-0.25, -0.2) is 0 Å². The highest BCUT2D eigenvalue weighted by Gasteiger charge is 2.16. The maximum atomic E-state index is 12.2. The van der Waals surface area contributed by atoms with E-state index >= 15 is 0 Å². The average molecular weight is 300 g/mol. The largest absolute Gasteiger partial charge is 0.508 e. The molecule has 0 aliphatic carbocycles. The van der Waals surface area contributed by atoms with Crippen molar-refractivity contribution in [2.45, 2.75) is 0 Å². The van der Waals surface area contributed by atoms with Crippen LogP contribution in [0.25, 0.3) is 6.08 Å². The minimum atomic E-state index is -0.426. The van der Waals surface area contributed by atoms with Crippen LogP contribution >= 0.6 is 0 Å². The summed E-state index contributed by atoms with van der Waals surface area (Å²) in [6.07, 6.45) is 2.95. The van der Waals surface area contributed by atoms with Crippen molar-refractivity contribution in [3.05, 3.63) is 53.6 Å². The molecule has 0 unspecified atom stereocenters. The third-order valence-electron chi connectivity index (χ3n) is 3.08. The number of hydrogen-bond acceptors (Lipinski definition) is 5. The van der Waals surface area contributed by atoms with E-state index in [1.165, 1.54) is 19.3 Å². The second kappa shape index (κ2) is 6.67. The second-order valence-electron chi connectivity index (χ2n) is 4.51. The molecule has 0 fully saturated rings. The highest BCUT2D eigenvalue weighted by atomic mass is 16.5. The maximum absolute atomic E-state index is 12.2. The molecule has 2 aromatic carbocycles. The van der Waals surface area contributed by atoms with E-state index in [2.05, 4.69) is 0 Å². The van der Waals surface area contributed by atoms with Crippen molar-refractivity contribution < 1.29 is 24.5 Å². The number of hydrogen-bond donors (Lipinski definition) is 2. The molecule has 0 radical (unpaired) electrons. The molecule has 114 valence electrons. The molecule has 0 saturated heterocycles. The van der Waals surface area contributed by atoms with E-state index in [-0.39, 0.29) is 22.8 Å². The summed E-state index contributed by atoms with van der Waals surface area (Å²) in [7, 11) is 2.94. The fraction of sp³-hybridized carbons (Fsp3) is 0.118. The highest BCUT2D eigenvalue weighted by Crippen LogP contribution is 2.33. The first-order valence-electron chi connectivity index (χ1n) is 6.51. The van der Waals surface area contributed by atoms with E-state index in [9.17, 15) is 15.0 Å². The fourth-order valence-electron chi connectivity index (χ4n) is 1.97. The van der Waals surface area contributed by atoms with Gasteiger partial charge in [0.2, 0.25) is 0 Å². The maximum Gasteiger partial charge on any atom is 0.193 e. The molecule has 0 amide bonds. The van der Waals surface area contributed by atoms with Crippen molar-refractivity contribution in [1.82, 2.24) is 0 Å². The number of phenolic OH excluding ortho intramolecular Hbond substituents is 2. The van der Waals surface area contributed by atoms with Gasteiger partial charge in [0.05, 0.1) is 14.2 Å². The number of carbonyl (C=O) groups is 1. The van der Waals surface area contributed by atoms with Gasteiger partial charge in [-0.1, -0.05) is 18.2 Å². The van der Waals surface area contributed by atoms with Gasteiger partial charge in [0.25, 0.3) is 0 Å². The summed E-state index contributed by atoms with van der Waals surface area (Å²) in [6, 6.07) is 9.53. The van der Waals surface area contributed by atoms with Crippen molar-refractivity contribution in [3.63, 3.8) is 0 Å². The summed E-state index contributed by atoms with van der Waals surface area (Å²) in [5.41, 5.74) is 0.816. The highest BCUT2D eigenvalue weighted by molar-refractivity contribution is 6.10. The minimum absolute atomic E-state index is 0.00469. The Morgan fingerprint density at radius 1 is 1.05 bits per heavy atom. The Labute approximate surface area is 128 Å². The first kappa shape index (κ1) is 15.4. The quantitative estimate of drug-likeness (QED) is 0.655. The van der Waals surface area contributed by atoms with Crippen LogP contribution in [0, 0.1) is 0 Å². The van der Waals surface area contributed by atoms with Gasteiger partial charge in [-0.3, -0.25) is 4.79 Å². The number of methoxy groups -OCH3 is 2. The smallest absolute Gasteiger partial charge is 0.193 e. The van der Waals surface area contributed by atoms with Gasteiger partial charge in [0, 0.05) is 12.1 Å². The molecule has 0 saturated carbocycles. The predicted molar refractivity (Wildman–Crippen MR) is 82.7 cm³/mol. The zero-order valence-corrected chi connectivity index (χ0v) is 12.2. The van der Waals surface area contributed by atoms with Crippen LogP contribution in [0.3, 0.4) is 0 Å². The summed E-state index contributed by atoms with van der Waals surface area (Å²) >= 11 is 0. The van der Waals surface area contributed by atoms with Crippen LogP contribution in [-0.4, -0.2) is 30.2 Å². The lowest BCUT2D eigenvalue weighted by atomic mass is 10.1. The number of aromatic hydroxyl groups is 2. The van der Waals surface area contributed by atoms with Gasteiger partial charge >= 0.3 is 0 Å². The van der Waals surface area contributed by atoms with Crippen LogP contribution in [0.1, 0.15) is 15.9 Å². The van der Waals surface area contributed by atoms with Crippen molar-refractivity contribution in [2.75, 3.05) is 14.2 Å². The topological polar surface area (TPSA) is 76.0 Å². The Hall–Kier alpha value is -2.95. The first-order chi connectivity index (χ1) is 10.5. The molecule has 0 heterocycles. The second-order valence-corrected chi connectivity index (χ2v) is 4.51. The molecular formula is C17H16O5. The van der Waals surface area contributed by atoms with Gasteiger partial charge in [-0.05, 0) is 23.8 Å². The van der Waals surface area contributed by atoms with Crippen LogP contribution in [0.5, 0.6) is 23.0 Å². The number of phenols is 2. The summed E-state index contributed by atoms with van der Waals surface area (Å²) in [6.45, 7) is 0. The summed E-state index contributed by atoms with van der Waals surface area (Å²) in [5, 5.41) is 19.2.